The van der Waals surface area contributed by atoms with Gasteiger partial charge in [-0.15, -0.1) is 0 Å². The van der Waals surface area contributed by atoms with Crippen molar-refractivity contribution >= 4 is 16.9 Å². The van der Waals surface area contributed by atoms with Crippen molar-refractivity contribution in [2.75, 3.05) is 0 Å². The molecule has 1 amide bonds. The summed E-state index contributed by atoms with van der Waals surface area (Å²) in [6.07, 6.45) is 4.62. The van der Waals surface area contributed by atoms with Crippen LogP contribution in [0.2, 0.25) is 0 Å². The fraction of sp³-hybridized carbons (Fsp3) is 0.320. The summed E-state index contributed by atoms with van der Waals surface area (Å²) in [5.41, 5.74) is 3.72. The number of nitrogens with zero attached hydrogens (tertiary/aromatic N) is 4. The topological polar surface area (TPSA) is 103 Å². The van der Waals surface area contributed by atoms with E-state index in [1.807, 2.05) is 53.1 Å². The minimum Gasteiger partial charge on any atom is -0.347 e. The molecule has 1 fully saturated rings. The number of aryl methyl sites for hydroxylation is 1. The van der Waals surface area contributed by atoms with Gasteiger partial charge in [-0.3, -0.25) is 9.59 Å². The number of benzene rings is 2. The molecule has 1 aliphatic rings. The van der Waals surface area contributed by atoms with E-state index in [0.29, 0.717) is 23.8 Å². The van der Waals surface area contributed by atoms with Gasteiger partial charge in [0.2, 0.25) is 17.6 Å². The number of hydrogen-bond acceptors (Lipinski definition) is 6. The average molecular weight is 444 g/mol. The Morgan fingerprint density at radius 3 is 2.70 bits per heavy atom. The minimum atomic E-state index is -0.115. The van der Waals surface area contributed by atoms with Gasteiger partial charge >= 0.3 is 0 Å². The molecule has 0 unspecified atom stereocenters. The Kier molecular flexibility index (Phi) is 5.73. The number of fused-ring (bicyclic) bond motifs is 1. The molecule has 33 heavy (non-hydrogen) atoms. The number of aromatic nitrogens is 4. The maximum atomic E-state index is 12.8. The molecular formula is C25H25N5O3. The van der Waals surface area contributed by atoms with Crippen molar-refractivity contribution in [2.45, 2.75) is 51.6 Å². The van der Waals surface area contributed by atoms with Crippen LogP contribution in [0, 0.1) is 6.92 Å². The Hall–Kier alpha value is -3.81. The highest BCUT2D eigenvalue weighted by atomic mass is 16.5. The summed E-state index contributed by atoms with van der Waals surface area (Å²) < 4.78 is 7.23. The lowest BCUT2D eigenvalue weighted by atomic mass is 10.1. The lowest BCUT2D eigenvalue weighted by Gasteiger charge is -2.17. The molecule has 5 rings (SSSR count). The van der Waals surface area contributed by atoms with Crippen LogP contribution in [0.5, 0.6) is 0 Å². The Balaban J connectivity index is 1.34. The smallest absolute Gasteiger partial charge is 0.272 e. The summed E-state index contributed by atoms with van der Waals surface area (Å²) >= 11 is 0. The van der Waals surface area contributed by atoms with Gasteiger partial charge in [0.15, 0.2) is 0 Å². The molecule has 0 atom stereocenters. The molecular weight excluding hydrogens is 418 g/mol. The van der Waals surface area contributed by atoms with E-state index in [1.54, 1.807) is 6.92 Å². The number of carbonyl (C=O) groups excluding carboxylic acids is 1. The van der Waals surface area contributed by atoms with Crippen molar-refractivity contribution in [3.05, 3.63) is 76.0 Å². The van der Waals surface area contributed by atoms with Gasteiger partial charge in [-0.25, -0.2) is 4.98 Å². The second-order valence-corrected chi connectivity index (χ2v) is 8.46. The van der Waals surface area contributed by atoms with Crippen LogP contribution in [0.3, 0.4) is 0 Å². The van der Waals surface area contributed by atoms with Gasteiger partial charge in [0.05, 0.1) is 24.0 Å². The summed E-state index contributed by atoms with van der Waals surface area (Å²) in [6, 6.07) is 15.4. The zero-order valence-corrected chi connectivity index (χ0v) is 18.5. The standard InChI is InChI=1S/C25H25N5O3/c1-16-25(32)30(19-9-5-6-10-19)21-12-11-18(14-20(21)27-16)24-28-23(33-29-24)15-26-22(31)13-17-7-3-2-4-8-17/h2-4,7-8,11-12,14,19H,5-6,9-10,13,15H2,1H3,(H,26,31). The molecule has 0 aliphatic heterocycles. The Bertz CT molecular complexity index is 1350. The van der Waals surface area contributed by atoms with Crippen LogP contribution in [0.4, 0.5) is 0 Å². The predicted molar refractivity (Wildman–Crippen MR) is 124 cm³/mol. The number of hydrogen-bond donors (Lipinski definition) is 1. The molecule has 1 N–H and O–H groups in total. The largest absolute Gasteiger partial charge is 0.347 e. The van der Waals surface area contributed by atoms with E-state index in [2.05, 4.69) is 20.4 Å². The monoisotopic (exact) mass is 443 g/mol. The lowest BCUT2D eigenvalue weighted by Crippen LogP contribution is -2.26. The second kappa shape index (κ2) is 8.97. The fourth-order valence-corrected chi connectivity index (χ4v) is 4.45. The summed E-state index contributed by atoms with van der Waals surface area (Å²) in [5, 5.41) is 6.87. The minimum absolute atomic E-state index is 0.0183. The van der Waals surface area contributed by atoms with Crippen LogP contribution >= 0.6 is 0 Å². The summed E-state index contributed by atoms with van der Waals surface area (Å²) in [5.74, 6) is 0.630. The van der Waals surface area contributed by atoms with E-state index < -0.39 is 0 Å². The first-order valence-corrected chi connectivity index (χ1v) is 11.2. The third-order valence-corrected chi connectivity index (χ3v) is 6.11. The molecule has 2 heterocycles. The van der Waals surface area contributed by atoms with E-state index in [9.17, 15) is 9.59 Å². The van der Waals surface area contributed by atoms with Crippen LogP contribution in [0.1, 0.15) is 48.9 Å². The molecule has 0 saturated heterocycles. The Labute approximate surface area is 190 Å². The second-order valence-electron chi connectivity index (χ2n) is 8.46. The van der Waals surface area contributed by atoms with E-state index in [-0.39, 0.29) is 24.1 Å². The fourth-order valence-electron chi connectivity index (χ4n) is 4.45. The molecule has 0 spiro atoms. The third kappa shape index (κ3) is 4.41. The van der Waals surface area contributed by atoms with Crippen molar-refractivity contribution < 1.29 is 9.32 Å². The molecule has 1 saturated carbocycles. The SMILES string of the molecule is Cc1nc2cc(-c3noc(CNC(=O)Cc4ccccc4)n3)ccc2n(C2CCCC2)c1=O. The third-order valence-electron chi connectivity index (χ3n) is 6.11. The molecule has 8 nitrogen and oxygen atoms in total. The lowest BCUT2D eigenvalue weighted by molar-refractivity contribution is -0.120. The van der Waals surface area contributed by atoms with Crippen LogP contribution < -0.4 is 10.9 Å². The van der Waals surface area contributed by atoms with E-state index in [4.69, 9.17) is 4.52 Å². The van der Waals surface area contributed by atoms with Crippen molar-refractivity contribution in [1.82, 2.24) is 25.0 Å². The van der Waals surface area contributed by atoms with Gasteiger partial charge in [0, 0.05) is 11.6 Å². The molecule has 0 bridgehead atoms. The van der Waals surface area contributed by atoms with Crippen molar-refractivity contribution in [1.29, 1.82) is 0 Å². The van der Waals surface area contributed by atoms with Gasteiger partial charge in [0.1, 0.15) is 5.69 Å². The zero-order chi connectivity index (χ0) is 22.8. The summed E-state index contributed by atoms with van der Waals surface area (Å²) in [6.45, 7) is 1.91. The summed E-state index contributed by atoms with van der Waals surface area (Å²) in [4.78, 5) is 33.9. The first-order valence-electron chi connectivity index (χ1n) is 11.2. The normalized spacial score (nSPS) is 14.1. The average Bonchev–Trinajstić information content (AvgIpc) is 3.52. The Morgan fingerprint density at radius 2 is 1.91 bits per heavy atom. The van der Waals surface area contributed by atoms with Gasteiger partial charge < -0.3 is 14.4 Å². The van der Waals surface area contributed by atoms with Gasteiger partial charge in [-0.1, -0.05) is 48.3 Å². The highest BCUT2D eigenvalue weighted by Gasteiger charge is 2.22. The predicted octanol–water partition coefficient (Wildman–Crippen LogP) is 3.73. The number of rotatable bonds is 6. The molecule has 8 heteroatoms. The van der Waals surface area contributed by atoms with E-state index in [0.717, 1.165) is 47.8 Å². The maximum absolute atomic E-state index is 12.8. The molecule has 2 aromatic heterocycles. The van der Waals surface area contributed by atoms with Gasteiger partial charge in [0.25, 0.3) is 5.56 Å². The molecule has 4 aromatic rings. The number of nitrogens with one attached hydrogen (secondary N) is 1. The number of carbonyl (C=O) groups is 1. The van der Waals surface area contributed by atoms with Crippen LogP contribution in [0.15, 0.2) is 57.8 Å². The van der Waals surface area contributed by atoms with Crippen molar-refractivity contribution in [2.24, 2.45) is 0 Å². The molecule has 1 aliphatic carbocycles. The zero-order valence-electron chi connectivity index (χ0n) is 18.5. The highest BCUT2D eigenvalue weighted by molar-refractivity contribution is 5.80. The number of amides is 1. The van der Waals surface area contributed by atoms with Crippen LogP contribution in [-0.4, -0.2) is 25.6 Å². The van der Waals surface area contributed by atoms with Gasteiger partial charge in [-0.05, 0) is 43.5 Å². The van der Waals surface area contributed by atoms with Crippen molar-refractivity contribution in [3.63, 3.8) is 0 Å². The van der Waals surface area contributed by atoms with Gasteiger partial charge in [-0.2, -0.15) is 4.98 Å². The van der Waals surface area contributed by atoms with E-state index >= 15 is 0 Å². The first kappa shape index (κ1) is 21.1. The quantitative estimate of drug-likeness (QED) is 0.487. The van der Waals surface area contributed by atoms with Crippen molar-refractivity contribution in [3.8, 4) is 11.4 Å². The van der Waals surface area contributed by atoms with Crippen LogP contribution in [0.25, 0.3) is 22.4 Å². The first-order chi connectivity index (χ1) is 16.1. The highest BCUT2D eigenvalue weighted by Crippen LogP contribution is 2.31. The molecule has 168 valence electrons. The van der Waals surface area contributed by atoms with E-state index in [1.165, 1.54) is 0 Å². The molecule has 0 radical (unpaired) electrons. The summed E-state index contributed by atoms with van der Waals surface area (Å²) in [7, 11) is 0. The Morgan fingerprint density at radius 1 is 1.12 bits per heavy atom. The maximum Gasteiger partial charge on any atom is 0.272 e. The molecule has 2 aromatic carbocycles. The van der Waals surface area contributed by atoms with Crippen LogP contribution in [-0.2, 0) is 17.8 Å².